The third-order valence-corrected chi connectivity index (χ3v) is 4.66. The summed E-state index contributed by atoms with van der Waals surface area (Å²) in [7, 11) is 0. The fraction of sp³-hybridized carbons (Fsp3) is 0.167. The maximum absolute atomic E-state index is 13.3. The number of fused-ring (bicyclic) bond motifs is 3. The van der Waals surface area contributed by atoms with Crippen LogP contribution in [0.4, 0.5) is 13.2 Å². The monoisotopic (exact) mass is 420 g/mol. The van der Waals surface area contributed by atoms with Crippen LogP contribution in [-0.4, -0.2) is 20.5 Å². The van der Waals surface area contributed by atoms with Gasteiger partial charge in [0, 0.05) is 11.1 Å². The Hall–Kier alpha value is -2.48. The van der Waals surface area contributed by atoms with E-state index in [-0.39, 0.29) is 6.54 Å². The zero-order valence-corrected chi connectivity index (χ0v) is 14.9. The van der Waals surface area contributed by atoms with Crippen LogP contribution in [0.15, 0.2) is 53.5 Å². The summed E-state index contributed by atoms with van der Waals surface area (Å²) in [5, 5.41) is 8.67. The van der Waals surface area contributed by atoms with Crippen LogP contribution >= 0.6 is 15.9 Å². The molecule has 8 heteroatoms. The Morgan fingerprint density at radius 3 is 2.50 bits per heavy atom. The fourth-order valence-corrected chi connectivity index (χ4v) is 3.36. The van der Waals surface area contributed by atoms with Gasteiger partial charge in [0.05, 0.1) is 22.3 Å². The number of rotatable bonds is 2. The lowest BCUT2D eigenvalue weighted by molar-refractivity contribution is -0.137. The molecular formula is C18H12BrF3N4. The van der Waals surface area contributed by atoms with Crippen molar-refractivity contribution < 1.29 is 13.2 Å². The lowest BCUT2D eigenvalue weighted by Gasteiger charge is -2.16. The molecule has 0 amide bonds. The minimum Gasteiger partial charge on any atom is -0.280 e. The van der Waals surface area contributed by atoms with Crippen LogP contribution < -0.4 is 0 Å². The predicted octanol–water partition coefficient (Wildman–Crippen LogP) is 4.53. The fourth-order valence-electron chi connectivity index (χ4n) is 3.00. The summed E-state index contributed by atoms with van der Waals surface area (Å²) in [6, 6.07) is 12.9. The van der Waals surface area contributed by atoms with Crippen LogP contribution in [0.5, 0.6) is 0 Å². The van der Waals surface area contributed by atoms with Gasteiger partial charge in [-0.2, -0.15) is 13.2 Å². The van der Waals surface area contributed by atoms with Crippen molar-refractivity contribution in [1.82, 2.24) is 14.8 Å². The van der Waals surface area contributed by atoms with Crippen LogP contribution in [0.25, 0.3) is 5.69 Å². The molecule has 0 N–H and O–H groups in total. The Kier molecular flexibility index (Phi) is 4.14. The first kappa shape index (κ1) is 17.0. The van der Waals surface area contributed by atoms with E-state index < -0.39 is 11.7 Å². The molecule has 1 aliphatic rings. The van der Waals surface area contributed by atoms with E-state index in [0.29, 0.717) is 33.9 Å². The lowest BCUT2D eigenvalue weighted by Crippen LogP contribution is -2.12. The Morgan fingerprint density at radius 2 is 1.81 bits per heavy atom. The van der Waals surface area contributed by atoms with Crippen LogP contribution in [0.1, 0.15) is 28.3 Å². The van der Waals surface area contributed by atoms with Crippen molar-refractivity contribution in [2.45, 2.75) is 18.1 Å². The molecule has 3 aromatic rings. The Bertz CT molecular complexity index is 993. The van der Waals surface area contributed by atoms with Gasteiger partial charge in [-0.25, -0.2) is 0 Å². The summed E-state index contributed by atoms with van der Waals surface area (Å²) in [6.45, 7) is 0.236. The molecule has 0 radical (unpaired) electrons. The van der Waals surface area contributed by atoms with E-state index in [2.05, 4.69) is 31.1 Å². The standard InChI is InChI=1S/C18H12BrF3N4/c19-9-15-24-25-16-10-23-17(11-4-2-1-3-5-11)13-8-12(18(20,21)22)6-7-14(13)26(15)16/h1-8H,9-10H2. The predicted molar refractivity (Wildman–Crippen MR) is 94.8 cm³/mol. The first-order chi connectivity index (χ1) is 12.5. The number of benzene rings is 2. The highest BCUT2D eigenvalue weighted by atomic mass is 79.9. The van der Waals surface area contributed by atoms with Crippen molar-refractivity contribution >= 4 is 21.6 Å². The van der Waals surface area contributed by atoms with Gasteiger partial charge in [-0.3, -0.25) is 9.56 Å². The molecule has 2 heterocycles. The molecule has 0 aliphatic carbocycles. The third-order valence-electron chi connectivity index (χ3n) is 4.16. The van der Waals surface area contributed by atoms with E-state index in [4.69, 9.17) is 0 Å². The molecule has 0 unspecified atom stereocenters. The van der Waals surface area contributed by atoms with Crippen molar-refractivity contribution in [2.75, 3.05) is 0 Å². The molecule has 0 saturated heterocycles. The molecule has 4 nitrogen and oxygen atoms in total. The van der Waals surface area contributed by atoms with E-state index >= 15 is 0 Å². The SMILES string of the molecule is FC(F)(F)c1ccc2c(c1)C(c1ccccc1)=NCc1nnc(CBr)n1-2. The molecular weight excluding hydrogens is 409 g/mol. The number of alkyl halides is 4. The van der Waals surface area contributed by atoms with E-state index in [1.165, 1.54) is 6.07 Å². The van der Waals surface area contributed by atoms with E-state index in [9.17, 15) is 13.2 Å². The molecule has 132 valence electrons. The van der Waals surface area contributed by atoms with Gasteiger partial charge in [-0.15, -0.1) is 10.2 Å². The zero-order chi connectivity index (χ0) is 18.3. The van der Waals surface area contributed by atoms with Crippen LogP contribution in [0.3, 0.4) is 0 Å². The highest BCUT2D eigenvalue weighted by Crippen LogP contribution is 2.34. The molecule has 2 aromatic carbocycles. The zero-order valence-electron chi connectivity index (χ0n) is 13.3. The smallest absolute Gasteiger partial charge is 0.280 e. The molecule has 0 saturated carbocycles. The van der Waals surface area contributed by atoms with Gasteiger partial charge in [-0.1, -0.05) is 46.3 Å². The molecule has 0 fully saturated rings. The average Bonchev–Trinajstić information content (AvgIpc) is 2.97. The molecule has 1 aromatic heterocycles. The van der Waals surface area contributed by atoms with E-state index in [1.54, 1.807) is 4.57 Å². The largest absolute Gasteiger partial charge is 0.416 e. The van der Waals surface area contributed by atoms with Crippen LogP contribution in [0, 0.1) is 0 Å². The second-order valence-corrected chi connectivity index (χ2v) is 6.32. The van der Waals surface area contributed by atoms with Gasteiger partial charge in [0.15, 0.2) is 5.82 Å². The van der Waals surface area contributed by atoms with Gasteiger partial charge in [0.2, 0.25) is 0 Å². The first-order valence-electron chi connectivity index (χ1n) is 7.80. The van der Waals surface area contributed by atoms with Crippen molar-refractivity contribution in [2.24, 2.45) is 4.99 Å². The summed E-state index contributed by atoms with van der Waals surface area (Å²) >= 11 is 3.36. The summed E-state index contributed by atoms with van der Waals surface area (Å²) < 4.78 is 41.6. The van der Waals surface area contributed by atoms with Crippen LogP contribution in [0.2, 0.25) is 0 Å². The molecule has 26 heavy (non-hydrogen) atoms. The summed E-state index contributed by atoms with van der Waals surface area (Å²) in [4.78, 5) is 4.56. The van der Waals surface area contributed by atoms with Crippen molar-refractivity contribution in [3.63, 3.8) is 0 Å². The molecule has 0 atom stereocenters. The highest BCUT2D eigenvalue weighted by Gasteiger charge is 2.33. The van der Waals surface area contributed by atoms with Crippen LogP contribution in [-0.2, 0) is 18.1 Å². The molecule has 4 rings (SSSR count). The topological polar surface area (TPSA) is 43.1 Å². The Morgan fingerprint density at radius 1 is 1.04 bits per heavy atom. The van der Waals surface area contributed by atoms with Gasteiger partial charge < -0.3 is 0 Å². The first-order valence-corrected chi connectivity index (χ1v) is 8.92. The summed E-state index contributed by atoms with van der Waals surface area (Å²) in [5.74, 6) is 1.21. The number of aliphatic imine (C=N–C) groups is 1. The Labute approximate surface area is 155 Å². The molecule has 1 aliphatic heterocycles. The number of hydrogen-bond acceptors (Lipinski definition) is 3. The highest BCUT2D eigenvalue weighted by molar-refractivity contribution is 9.08. The third kappa shape index (κ3) is 2.84. The minimum atomic E-state index is -4.43. The summed E-state index contributed by atoms with van der Waals surface area (Å²) in [6.07, 6.45) is -4.43. The minimum absolute atomic E-state index is 0.236. The van der Waals surface area contributed by atoms with Gasteiger partial charge in [-0.05, 0) is 18.2 Å². The van der Waals surface area contributed by atoms with Crippen molar-refractivity contribution in [1.29, 1.82) is 0 Å². The van der Waals surface area contributed by atoms with Gasteiger partial charge in [0.1, 0.15) is 12.4 Å². The van der Waals surface area contributed by atoms with Gasteiger partial charge in [0.25, 0.3) is 0 Å². The van der Waals surface area contributed by atoms with Crippen molar-refractivity contribution in [3.8, 4) is 5.69 Å². The quantitative estimate of drug-likeness (QED) is 0.571. The second kappa shape index (κ2) is 6.35. The summed E-state index contributed by atoms with van der Waals surface area (Å²) in [5.41, 5.74) is 1.56. The number of aromatic nitrogens is 3. The number of halogens is 4. The second-order valence-electron chi connectivity index (χ2n) is 5.76. The average molecular weight is 421 g/mol. The molecule has 0 spiro atoms. The maximum Gasteiger partial charge on any atom is 0.416 e. The number of hydrogen-bond donors (Lipinski definition) is 0. The molecule has 0 bridgehead atoms. The van der Waals surface area contributed by atoms with Crippen molar-refractivity contribution in [3.05, 3.63) is 76.9 Å². The lowest BCUT2D eigenvalue weighted by atomic mass is 9.98. The number of nitrogens with zero attached hydrogens (tertiary/aromatic N) is 4. The van der Waals surface area contributed by atoms with E-state index in [0.717, 1.165) is 17.7 Å². The maximum atomic E-state index is 13.3. The van der Waals surface area contributed by atoms with E-state index in [1.807, 2.05) is 30.3 Å². The normalized spacial score (nSPS) is 13.6. The van der Waals surface area contributed by atoms with Gasteiger partial charge >= 0.3 is 6.18 Å². The Balaban J connectivity index is 2.00.